The van der Waals surface area contributed by atoms with Gasteiger partial charge in [0.25, 0.3) is 0 Å². The quantitative estimate of drug-likeness (QED) is 0.156. The van der Waals surface area contributed by atoms with E-state index in [0.29, 0.717) is 24.7 Å². The Labute approximate surface area is 248 Å². The maximum atomic E-state index is 13.7. The van der Waals surface area contributed by atoms with Gasteiger partial charge in [-0.15, -0.1) is 11.3 Å². The maximum absolute atomic E-state index is 13.7. The topological polar surface area (TPSA) is 79.4 Å². The van der Waals surface area contributed by atoms with Gasteiger partial charge < -0.3 is 20.3 Å². The molecule has 1 amide bonds. The third kappa shape index (κ3) is 7.64. The lowest BCUT2D eigenvalue weighted by molar-refractivity contribution is -0.111. The molecule has 42 heavy (non-hydrogen) atoms. The van der Waals surface area contributed by atoms with Crippen LogP contribution in [0.3, 0.4) is 0 Å². The highest BCUT2D eigenvalue weighted by atomic mass is 32.1. The molecule has 214 valence electrons. The van der Waals surface area contributed by atoms with Crippen molar-refractivity contribution in [2.24, 2.45) is 0 Å². The number of nitrogens with zero attached hydrogens (tertiary/aromatic N) is 3. The Balaban J connectivity index is 1.39. The number of fused-ring (bicyclic) bond motifs is 1. The predicted octanol–water partition coefficient (Wildman–Crippen LogP) is 6.92. The van der Waals surface area contributed by atoms with Crippen LogP contribution < -0.4 is 10.6 Å². The van der Waals surface area contributed by atoms with E-state index in [1.165, 1.54) is 23.5 Å². The Morgan fingerprint density at radius 2 is 1.88 bits per heavy atom. The number of anilines is 2. The summed E-state index contributed by atoms with van der Waals surface area (Å²) >= 11 is 1.53. The van der Waals surface area contributed by atoms with Crippen LogP contribution in [0.15, 0.2) is 103 Å². The third-order valence-electron chi connectivity index (χ3n) is 6.51. The number of likely N-dealkylation sites (N-methyl/N-ethyl adjacent to an activating group) is 1. The molecule has 2 heterocycles. The Morgan fingerprint density at radius 3 is 2.69 bits per heavy atom. The lowest BCUT2D eigenvalue weighted by Gasteiger charge is -2.21. The summed E-state index contributed by atoms with van der Waals surface area (Å²) in [4.78, 5) is 24.4. The summed E-state index contributed by atoms with van der Waals surface area (Å²) in [6, 6.07) is 24.0. The molecule has 0 saturated carbocycles. The molecule has 2 aromatic heterocycles. The van der Waals surface area contributed by atoms with Gasteiger partial charge in [0.2, 0.25) is 5.91 Å². The molecule has 1 atom stereocenters. The summed E-state index contributed by atoms with van der Waals surface area (Å²) in [6.45, 7) is 1.31. The Bertz CT molecular complexity index is 1670. The standard InChI is InChI=1S/C33H32FN5O2S/c1-39(2)16-8-15-30(40)37-27-14-7-12-25(18-27)28-21-42-33-31(28)32(35-22-36-33)38-29(24-10-4-3-5-11-24)20-41-19-23-9-6-13-26(34)17-23/h3-15,17-18,21-22,29H,16,19-20H2,1-2H3,(H,37,40)(H,35,36,38). The van der Waals surface area contributed by atoms with Crippen LogP contribution in [0.4, 0.5) is 15.9 Å². The molecule has 5 aromatic rings. The summed E-state index contributed by atoms with van der Waals surface area (Å²) in [5.41, 5.74) is 4.40. The molecule has 7 nitrogen and oxygen atoms in total. The molecule has 0 saturated heterocycles. The molecule has 0 spiro atoms. The number of halogens is 1. The van der Waals surface area contributed by atoms with E-state index in [0.717, 1.165) is 32.5 Å². The minimum atomic E-state index is -0.286. The molecule has 9 heteroatoms. The molecule has 0 aliphatic heterocycles. The van der Waals surface area contributed by atoms with Crippen molar-refractivity contribution in [3.05, 3.63) is 120 Å². The minimum Gasteiger partial charge on any atom is -0.374 e. The number of hydrogen-bond acceptors (Lipinski definition) is 7. The van der Waals surface area contributed by atoms with Crippen molar-refractivity contribution in [3.8, 4) is 11.1 Å². The zero-order valence-corrected chi connectivity index (χ0v) is 24.3. The van der Waals surface area contributed by atoms with Crippen molar-refractivity contribution < 1.29 is 13.9 Å². The normalized spacial score (nSPS) is 12.2. The number of carbonyl (C=O) groups is 1. The lowest BCUT2D eigenvalue weighted by Crippen LogP contribution is -2.18. The van der Waals surface area contributed by atoms with E-state index in [1.807, 2.05) is 85.7 Å². The van der Waals surface area contributed by atoms with Crippen LogP contribution in [0.2, 0.25) is 0 Å². The van der Waals surface area contributed by atoms with Crippen LogP contribution in [0.1, 0.15) is 17.2 Å². The first-order chi connectivity index (χ1) is 20.5. The first-order valence-corrected chi connectivity index (χ1v) is 14.4. The molecule has 5 rings (SSSR count). The molecule has 2 N–H and O–H groups in total. The van der Waals surface area contributed by atoms with E-state index in [4.69, 9.17) is 4.74 Å². The molecular formula is C33H32FN5O2S. The first-order valence-electron chi connectivity index (χ1n) is 13.5. The van der Waals surface area contributed by atoms with Crippen molar-refractivity contribution in [1.82, 2.24) is 14.9 Å². The van der Waals surface area contributed by atoms with Crippen LogP contribution >= 0.6 is 11.3 Å². The Morgan fingerprint density at radius 1 is 1.05 bits per heavy atom. The summed E-state index contributed by atoms with van der Waals surface area (Å²) in [7, 11) is 3.90. The second kappa shape index (κ2) is 14.0. The Hall–Kier alpha value is -4.44. The highest BCUT2D eigenvalue weighted by Crippen LogP contribution is 2.38. The number of rotatable bonds is 12. The smallest absolute Gasteiger partial charge is 0.248 e. The molecule has 0 bridgehead atoms. The number of ether oxygens (including phenoxy) is 1. The molecule has 3 aromatic carbocycles. The molecule has 0 aliphatic rings. The highest BCUT2D eigenvalue weighted by Gasteiger charge is 2.18. The second-order valence-electron chi connectivity index (χ2n) is 10.0. The van der Waals surface area contributed by atoms with Crippen LogP contribution in [-0.4, -0.2) is 48.0 Å². The summed E-state index contributed by atoms with van der Waals surface area (Å²) in [5.74, 6) is 0.214. The van der Waals surface area contributed by atoms with Gasteiger partial charge >= 0.3 is 0 Å². The highest BCUT2D eigenvalue weighted by molar-refractivity contribution is 7.17. The molecule has 0 radical (unpaired) electrons. The van der Waals surface area contributed by atoms with Crippen molar-refractivity contribution in [2.75, 3.05) is 37.9 Å². The van der Waals surface area contributed by atoms with Gasteiger partial charge in [-0.25, -0.2) is 14.4 Å². The van der Waals surface area contributed by atoms with E-state index in [-0.39, 0.29) is 24.4 Å². The van der Waals surface area contributed by atoms with Crippen molar-refractivity contribution in [2.45, 2.75) is 12.6 Å². The number of carbonyl (C=O) groups excluding carboxylic acids is 1. The lowest BCUT2D eigenvalue weighted by atomic mass is 10.0. The average molecular weight is 582 g/mol. The largest absolute Gasteiger partial charge is 0.374 e. The zero-order valence-electron chi connectivity index (χ0n) is 23.5. The maximum Gasteiger partial charge on any atom is 0.248 e. The van der Waals surface area contributed by atoms with E-state index in [2.05, 4.69) is 26.0 Å². The van der Waals surface area contributed by atoms with Gasteiger partial charge in [-0.3, -0.25) is 4.79 Å². The second-order valence-corrected chi connectivity index (χ2v) is 10.9. The van der Waals surface area contributed by atoms with Gasteiger partial charge in [0.05, 0.1) is 24.6 Å². The number of aromatic nitrogens is 2. The van der Waals surface area contributed by atoms with Gasteiger partial charge in [0, 0.05) is 29.3 Å². The van der Waals surface area contributed by atoms with Gasteiger partial charge in [0.1, 0.15) is 22.8 Å². The van der Waals surface area contributed by atoms with E-state index < -0.39 is 0 Å². The summed E-state index contributed by atoms with van der Waals surface area (Å²) < 4.78 is 19.7. The van der Waals surface area contributed by atoms with Gasteiger partial charge in [-0.05, 0) is 55.1 Å². The fourth-order valence-electron chi connectivity index (χ4n) is 4.51. The van der Waals surface area contributed by atoms with Crippen LogP contribution in [0.5, 0.6) is 0 Å². The SMILES string of the molecule is CN(C)CC=CC(=O)Nc1cccc(-c2csc3ncnc(NC(COCc4cccc(F)c4)c4ccccc4)c23)c1. The van der Waals surface area contributed by atoms with Crippen molar-refractivity contribution >= 4 is 39.0 Å². The van der Waals surface area contributed by atoms with E-state index >= 15 is 0 Å². The third-order valence-corrected chi connectivity index (χ3v) is 7.39. The van der Waals surface area contributed by atoms with Gasteiger partial charge in [-0.1, -0.05) is 60.7 Å². The summed E-state index contributed by atoms with van der Waals surface area (Å²) in [6.07, 6.45) is 4.92. The van der Waals surface area contributed by atoms with E-state index in [1.54, 1.807) is 18.5 Å². The first kappa shape index (κ1) is 29.1. The molecule has 0 fully saturated rings. The van der Waals surface area contributed by atoms with E-state index in [9.17, 15) is 9.18 Å². The fourth-order valence-corrected chi connectivity index (χ4v) is 5.42. The fraction of sp³-hybridized carbons (Fsp3) is 0.182. The van der Waals surface area contributed by atoms with Crippen LogP contribution in [0, 0.1) is 5.82 Å². The zero-order chi connectivity index (χ0) is 29.3. The Kier molecular flexibility index (Phi) is 9.66. The molecule has 0 aliphatic carbocycles. The number of nitrogens with one attached hydrogen (secondary N) is 2. The number of amides is 1. The van der Waals surface area contributed by atoms with Crippen LogP contribution in [0.25, 0.3) is 21.3 Å². The van der Waals surface area contributed by atoms with Gasteiger partial charge in [0.15, 0.2) is 0 Å². The summed E-state index contributed by atoms with van der Waals surface area (Å²) in [5, 5.41) is 9.48. The number of hydrogen-bond donors (Lipinski definition) is 2. The number of benzene rings is 3. The predicted molar refractivity (Wildman–Crippen MR) is 168 cm³/mol. The van der Waals surface area contributed by atoms with Crippen molar-refractivity contribution in [3.63, 3.8) is 0 Å². The van der Waals surface area contributed by atoms with Crippen LogP contribution in [-0.2, 0) is 16.1 Å². The van der Waals surface area contributed by atoms with Crippen molar-refractivity contribution in [1.29, 1.82) is 0 Å². The molecular weight excluding hydrogens is 549 g/mol. The monoisotopic (exact) mass is 581 g/mol. The minimum absolute atomic E-state index is 0.182. The number of thiophene rings is 1. The average Bonchev–Trinajstić information content (AvgIpc) is 3.42. The molecule has 1 unspecified atom stereocenters. The van der Waals surface area contributed by atoms with Gasteiger partial charge in [-0.2, -0.15) is 0 Å².